The Hall–Kier alpha value is -2.94. The highest BCUT2D eigenvalue weighted by molar-refractivity contribution is 7.80. The molecule has 1 aromatic heterocycles. The van der Waals surface area contributed by atoms with Crippen molar-refractivity contribution in [2.75, 3.05) is 32.9 Å². The normalized spacial score (nSPS) is 10.8. The summed E-state index contributed by atoms with van der Waals surface area (Å²) in [5.74, 6) is 0.633. The number of carbonyl (C=O) groups is 1. The van der Waals surface area contributed by atoms with Gasteiger partial charge in [0.15, 0.2) is 10.8 Å². The van der Waals surface area contributed by atoms with E-state index in [1.165, 1.54) is 0 Å². The Morgan fingerprint density at radius 2 is 1.90 bits per heavy atom. The maximum absolute atomic E-state index is 12.7. The molecule has 0 spiro atoms. The van der Waals surface area contributed by atoms with Gasteiger partial charge in [-0.15, -0.1) is 0 Å². The largest absolute Gasteiger partial charge is 0.492 e. The van der Waals surface area contributed by atoms with Crippen LogP contribution >= 0.6 is 12.2 Å². The molecule has 0 unspecified atom stereocenters. The number of amides is 1. The second-order valence-corrected chi connectivity index (χ2v) is 7.03. The first-order valence-electron chi connectivity index (χ1n) is 10.1. The van der Waals surface area contributed by atoms with E-state index < -0.39 is 0 Å². The Balaban J connectivity index is 1.55. The van der Waals surface area contributed by atoms with E-state index in [1.807, 2.05) is 55.5 Å². The molecule has 0 aliphatic carbocycles. The summed E-state index contributed by atoms with van der Waals surface area (Å²) >= 11 is 5.18. The molecule has 0 fully saturated rings. The predicted molar refractivity (Wildman–Crippen MR) is 123 cm³/mol. The molecule has 3 rings (SSSR count). The molecular formula is C23H26N2O5S. The molecule has 7 nitrogen and oxygen atoms in total. The molecular weight excluding hydrogens is 416 g/mol. The molecule has 0 aliphatic heterocycles. The van der Waals surface area contributed by atoms with Crippen molar-refractivity contribution < 1.29 is 23.8 Å². The number of aliphatic hydroxyl groups excluding tert-OH is 1. The first kappa shape index (κ1) is 22.7. The summed E-state index contributed by atoms with van der Waals surface area (Å²) in [4.78, 5) is 12.7. The van der Waals surface area contributed by atoms with Gasteiger partial charge in [-0.2, -0.15) is 0 Å². The van der Waals surface area contributed by atoms with Crippen molar-refractivity contribution in [3.8, 4) is 5.75 Å². The van der Waals surface area contributed by atoms with Gasteiger partial charge in [-0.25, -0.2) is 0 Å². The van der Waals surface area contributed by atoms with Gasteiger partial charge in [0, 0.05) is 29.6 Å². The Kier molecular flexibility index (Phi) is 8.40. The minimum absolute atomic E-state index is 0.0209. The highest BCUT2D eigenvalue weighted by Gasteiger charge is 2.19. The smallest absolute Gasteiger partial charge is 0.287 e. The number of thiocarbonyl (C=S) groups is 1. The van der Waals surface area contributed by atoms with Gasteiger partial charge in [-0.3, -0.25) is 4.79 Å². The van der Waals surface area contributed by atoms with Crippen LogP contribution in [-0.2, 0) is 11.3 Å². The van der Waals surface area contributed by atoms with Gasteiger partial charge >= 0.3 is 0 Å². The summed E-state index contributed by atoms with van der Waals surface area (Å²) in [6, 6.07) is 14.8. The van der Waals surface area contributed by atoms with Gasteiger partial charge in [-0.05, 0) is 49.5 Å². The molecule has 0 atom stereocenters. The topological polar surface area (TPSA) is 93.0 Å². The number of hydrogen-bond acceptors (Lipinski definition) is 7. The van der Waals surface area contributed by atoms with Gasteiger partial charge in [0.1, 0.15) is 17.9 Å². The lowest BCUT2D eigenvalue weighted by atomic mass is 10.1. The zero-order valence-corrected chi connectivity index (χ0v) is 18.2. The van der Waals surface area contributed by atoms with E-state index in [9.17, 15) is 4.79 Å². The minimum Gasteiger partial charge on any atom is -0.492 e. The second kappa shape index (κ2) is 11.5. The third-order valence-electron chi connectivity index (χ3n) is 4.52. The van der Waals surface area contributed by atoms with Crippen LogP contribution in [-0.4, -0.2) is 49.0 Å². The fraction of sp³-hybridized carbons (Fsp3) is 0.304. The molecule has 0 bridgehead atoms. The molecule has 0 saturated carbocycles. The maximum atomic E-state index is 12.7. The molecule has 1 amide bonds. The minimum atomic E-state index is -0.307. The lowest BCUT2D eigenvalue weighted by molar-refractivity contribution is 0.0920. The van der Waals surface area contributed by atoms with Gasteiger partial charge in [-0.1, -0.05) is 18.2 Å². The molecule has 31 heavy (non-hydrogen) atoms. The fourth-order valence-corrected chi connectivity index (χ4v) is 3.32. The van der Waals surface area contributed by atoms with Crippen LogP contribution in [0.1, 0.15) is 28.6 Å². The first-order valence-corrected chi connectivity index (χ1v) is 10.5. The van der Waals surface area contributed by atoms with Crippen LogP contribution in [0.5, 0.6) is 5.75 Å². The Bertz CT molecular complexity index is 1020. The molecule has 0 saturated heterocycles. The average Bonchev–Trinajstić information content (AvgIpc) is 3.16. The Labute approximate surface area is 186 Å². The van der Waals surface area contributed by atoms with E-state index in [2.05, 4.69) is 10.6 Å². The van der Waals surface area contributed by atoms with E-state index in [0.29, 0.717) is 49.2 Å². The number of aliphatic hydroxyl groups is 1. The Morgan fingerprint density at radius 3 is 2.65 bits per heavy atom. The maximum Gasteiger partial charge on any atom is 0.287 e. The molecule has 3 N–H and O–H groups in total. The number of para-hydroxylation sites is 1. The van der Waals surface area contributed by atoms with Gasteiger partial charge < -0.3 is 29.6 Å². The molecule has 2 aromatic carbocycles. The van der Waals surface area contributed by atoms with Crippen LogP contribution in [0.4, 0.5) is 0 Å². The summed E-state index contributed by atoms with van der Waals surface area (Å²) < 4.78 is 16.8. The van der Waals surface area contributed by atoms with Crippen molar-refractivity contribution in [3.63, 3.8) is 0 Å². The quantitative estimate of drug-likeness (QED) is 0.310. The van der Waals surface area contributed by atoms with Gasteiger partial charge in [0.25, 0.3) is 5.91 Å². The van der Waals surface area contributed by atoms with Crippen LogP contribution in [0, 0.1) is 0 Å². The lowest BCUT2D eigenvalue weighted by Gasteiger charge is -2.09. The van der Waals surface area contributed by atoms with Crippen molar-refractivity contribution in [1.29, 1.82) is 0 Å². The summed E-state index contributed by atoms with van der Waals surface area (Å²) in [7, 11) is 0. The summed E-state index contributed by atoms with van der Waals surface area (Å²) in [6.07, 6.45) is 0. The number of hydrogen-bond donors (Lipinski definition) is 3. The van der Waals surface area contributed by atoms with E-state index in [1.54, 1.807) is 0 Å². The number of nitrogens with one attached hydrogen (secondary N) is 2. The van der Waals surface area contributed by atoms with Crippen LogP contribution in [0.15, 0.2) is 52.9 Å². The van der Waals surface area contributed by atoms with Crippen LogP contribution in [0.2, 0.25) is 0 Å². The number of ether oxygens (including phenoxy) is 2. The van der Waals surface area contributed by atoms with Gasteiger partial charge in [0.05, 0.1) is 19.8 Å². The van der Waals surface area contributed by atoms with E-state index in [-0.39, 0.29) is 18.3 Å². The monoisotopic (exact) mass is 442 g/mol. The van der Waals surface area contributed by atoms with E-state index in [0.717, 1.165) is 16.5 Å². The highest BCUT2D eigenvalue weighted by Crippen LogP contribution is 2.25. The average molecular weight is 443 g/mol. The fourth-order valence-electron chi connectivity index (χ4n) is 3.07. The SMILES string of the molecule is CCOC(=S)c1ccc(OCCNC(=O)c2oc3ccccc3c2CNCCO)cc1. The summed E-state index contributed by atoms with van der Waals surface area (Å²) in [5, 5.41) is 16.3. The molecule has 0 radical (unpaired) electrons. The zero-order valence-electron chi connectivity index (χ0n) is 17.3. The first-order chi connectivity index (χ1) is 15.1. The van der Waals surface area contributed by atoms with Crippen LogP contribution in [0.3, 0.4) is 0 Å². The lowest BCUT2D eigenvalue weighted by Crippen LogP contribution is -2.29. The second-order valence-electron chi connectivity index (χ2n) is 6.66. The molecule has 0 aliphatic rings. The standard InChI is InChI=1S/C23H26N2O5S/c1-2-28-23(31)16-7-9-17(10-8-16)29-14-12-25-22(27)21-19(15-24-11-13-26)18-5-3-4-6-20(18)30-21/h3-10,24,26H,2,11-15H2,1H3,(H,25,27). The molecule has 3 aromatic rings. The number of fused-ring (bicyclic) bond motifs is 1. The van der Waals surface area contributed by atoms with E-state index in [4.69, 9.17) is 31.2 Å². The predicted octanol–water partition coefficient (Wildman–Crippen LogP) is 3.04. The zero-order chi connectivity index (χ0) is 22.1. The number of benzene rings is 2. The van der Waals surface area contributed by atoms with Crippen molar-refractivity contribution >= 4 is 34.1 Å². The number of furan rings is 1. The van der Waals surface area contributed by atoms with Crippen molar-refractivity contribution in [2.24, 2.45) is 0 Å². The third kappa shape index (κ3) is 6.04. The van der Waals surface area contributed by atoms with Crippen molar-refractivity contribution in [1.82, 2.24) is 10.6 Å². The summed E-state index contributed by atoms with van der Waals surface area (Å²) in [6.45, 7) is 3.92. The van der Waals surface area contributed by atoms with Gasteiger partial charge in [0.2, 0.25) is 0 Å². The van der Waals surface area contributed by atoms with Crippen LogP contribution in [0.25, 0.3) is 11.0 Å². The molecule has 164 valence electrons. The number of rotatable bonds is 11. The summed E-state index contributed by atoms with van der Waals surface area (Å²) in [5.41, 5.74) is 2.24. The number of carbonyl (C=O) groups excluding carboxylic acids is 1. The molecule has 1 heterocycles. The highest BCUT2D eigenvalue weighted by atomic mass is 32.1. The van der Waals surface area contributed by atoms with Crippen LogP contribution < -0.4 is 15.4 Å². The van der Waals surface area contributed by atoms with E-state index >= 15 is 0 Å². The molecule has 8 heteroatoms. The van der Waals surface area contributed by atoms with Crippen molar-refractivity contribution in [2.45, 2.75) is 13.5 Å². The van der Waals surface area contributed by atoms with Crippen molar-refractivity contribution in [3.05, 3.63) is 65.4 Å². The Morgan fingerprint density at radius 1 is 1.13 bits per heavy atom. The third-order valence-corrected chi connectivity index (χ3v) is 4.87.